The third-order valence-electron chi connectivity index (χ3n) is 1.15. The largest absolute Gasteiger partial charge is 0.349 e. The van der Waals surface area contributed by atoms with Crippen LogP contribution in [0.5, 0.6) is 0 Å². The Labute approximate surface area is 67.1 Å². The van der Waals surface area contributed by atoms with Crippen molar-refractivity contribution in [3.8, 4) is 0 Å². The van der Waals surface area contributed by atoms with Crippen LogP contribution in [0.4, 0.5) is 0 Å². The van der Waals surface area contributed by atoms with Gasteiger partial charge in [0.25, 0.3) is 0 Å². The highest BCUT2D eigenvalue weighted by atomic mass is 32.1. The molecule has 10 heavy (non-hydrogen) atoms. The summed E-state index contributed by atoms with van der Waals surface area (Å²) in [7, 11) is 0. The van der Waals surface area contributed by atoms with Crippen LogP contribution >= 0.6 is 12.6 Å². The van der Waals surface area contributed by atoms with E-state index in [0.717, 1.165) is 5.57 Å². The fraction of sp³-hybridized carbons (Fsp3) is 0.571. The molecule has 3 heteroatoms. The summed E-state index contributed by atoms with van der Waals surface area (Å²) in [6.07, 6.45) is 0. The van der Waals surface area contributed by atoms with Crippen molar-refractivity contribution in [1.29, 1.82) is 0 Å². The fourth-order valence-corrected chi connectivity index (χ4v) is 0.973. The van der Waals surface area contributed by atoms with Gasteiger partial charge in [-0.2, -0.15) is 12.6 Å². The zero-order valence-electron chi connectivity index (χ0n) is 6.35. The average Bonchev–Trinajstić information content (AvgIpc) is 1.81. The molecule has 0 fully saturated rings. The van der Waals surface area contributed by atoms with Crippen LogP contribution in [0, 0.1) is 0 Å². The van der Waals surface area contributed by atoms with Crippen molar-refractivity contribution in [1.82, 2.24) is 5.32 Å². The lowest BCUT2D eigenvalue weighted by atomic mass is 10.2. The first kappa shape index (κ1) is 9.56. The van der Waals surface area contributed by atoms with Crippen molar-refractivity contribution in [3.05, 3.63) is 12.2 Å². The monoisotopic (exact) mass is 159 g/mol. The summed E-state index contributed by atoms with van der Waals surface area (Å²) in [4.78, 5) is 10.5. The molecule has 1 N–H and O–H groups in total. The first-order chi connectivity index (χ1) is 4.57. The Bertz CT molecular complexity index is 145. The molecule has 0 spiro atoms. The smallest absolute Gasteiger partial charge is 0.217 e. The van der Waals surface area contributed by atoms with E-state index in [9.17, 15) is 4.79 Å². The van der Waals surface area contributed by atoms with Crippen LogP contribution in [0.2, 0.25) is 0 Å². The van der Waals surface area contributed by atoms with Gasteiger partial charge in [0, 0.05) is 12.7 Å². The van der Waals surface area contributed by atoms with Gasteiger partial charge in [-0.05, 0) is 6.92 Å². The molecule has 0 aromatic heterocycles. The highest BCUT2D eigenvalue weighted by molar-refractivity contribution is 7.80. The van der Waals surface area contributed by atoms with Crippen LogP contribution < -0.4 is 5.32 Å². The van der Waals surface area contributed by atoms with Crippen molar-refractivity contribution in [3.63, 3.8) is 0 Å². The summed E-state index contributed by atoms with van der Waals surface area (Å²) in [5.74, 6) is 0.566. The molecule has 0 aliphatic rings. The topological polar surface area (TPSA) is 29.1 Å². The SMILES string of the molecule is C=C(C)C(CS)NC(C)=O. The Morgan fingerprint density at radius 3 is 2.30 bits per heavy atom. The molecule has 0 heterocycles. The van der Waals surface area contributed by atoms with Gasteiger partial charge in [0.15, 0.2) is 0 Å². The van der Waals surface area contributed by atoms with Gasteiger partial charge in [-0.25, -0.2) is 0 Å². The van der Waals surface area contributed by atoms with Gasteiger partial charge in [0.05, 0.1) is 6.04 Å². The van der Waals surface area contributed by atoms with Crippen molar-refractivity contribution in [2.24, 2.45) is 0 Å². The second-order valence-electron chi connectivity index (χ2n) is 2.28. The minimum Gasteiger partial charge on any atom is -0.349 e. The van der Waals surface area contributed by atoms with E-state index < -0.39 is 0 Å². The maximum absolute atomic E-state index is 10.5. The molecular weight excluding hydrogens is 146 g/mol. The number of rotatable bonds is 3. The Balaban J connectivity index is 3.83. The molecule has 1 unspecified atom stereocenters. The lowest BCUT2D eigenvalue weighted by Gasteiger charge is -2.14. The van der Waals surface area contributed by atoms with Crippen LogP contribution in [-0.2, 0) is 4.79 Å². The molecule has 0 aromatic carbocycles. The number of hydrogen-bond acceptors (Lipinski definition) is 2. The highest BCUT2D eigenvalue weighted by Crippen LogP contribution is 1.99. The lowest BCUT2D eigenvalue weighted by molar-refractivity contribution is -0.119. The molecule has 1 atom stereocenters. The van der Waals surface area contributed by atoms with Crippen molar-refractivity contribution < 1.29 is 4.79 Å². The zero-order chi connectivity index (χ0) is 8.15. The van der Waals surface area contributed by atoms with E-state index in [0.29, 0.717) is 5.75 Å². The zero-order valence-corrected chi connectivity index (χ0v) is 7.24. The quantitative estimate of drug-likeness (QED) is 0.467. The van der Waals surface area contributed by atoms with E-state index in [4.69, 9.17) is 0 Å². The van der Waals surface area contributed by atoms with Gasteiger partial charge in [-0.3, -0.25) is 4.79 Å². The highest BCUT2D eigenvalue weighted by Gasteiger charge is 2.06. The molecule has 2 nitrogen and oxygen atoms in total. The van der Waals surface area contributed by atoms with Gasteiger partial charge < -0.3 is 5.32 Å². The molecule has 58 valence electrons. The number of amides is 1. The molecule has 0 aliphatic carbocycles. The minimum atomic E-state index is -0.0398. The molecular formula is C7H13NOS. The number of thiol groups is 1. The third-order valence-corrected chi connectivity index (χ3v) is 1.52. The van der Waals surface area contributed by atoms with Crippen molar-refractivity contribution in [2.75, 3.05) is 5.75 Å². The van der Waals surface area contributed by atoms with Crippen LogP contribution in [0.3, 0.4) is 0 Å². The summed E-state index contributed by atoms with van der Waals surface area (Å²) >= 11 is 4.05. The maximum atomic E-state index is 10.5. The molecule has 0 rings (SSSR count). The predicted octanol–water partition coefficient (Wildman–Crippen LogP) is 0.997. The molecule has 0 aliphatic heterocycles. The number of nitrogens with one attached hydrogen (secondary N) is 1. The summed E-state index contributed by atoms with van der Waals surface area (Å²) < 4.78 is 0. The standard InChI is InChI=1S/C7H13NOS/c1-5(2)7(4-10)8-6(3)9/h7,10H,1,4H2,2-3H3,(H,8,9). The van der Waals surface area contributed by atoms with E-state index in [1.165, 1.54) is 6.92 Å². The van der Waals surface area contributed by atoms with Gasteiger partial charge in [0.2, 0.25) is 5.91 Å². The van der Waals surface area contributed by atoms with Crippen LogP contribution in [0.25, 0.3) is 0 Å². The number of hydrogen-bond donors (Lipinski definition) is 2. The van der Waals surface area contributed by atoms with E-state index in [2.05, 4.69) is 24.5 Å². The van der Waals surface area contributed by atoms with E-state index in [1.807, 2.05) is 6.92 Å². The van der Waals surface area contributed by atoms with Crippen LogP contribution in [-0.4, -0.2) is 17.7 Å². The molecule has 0 radical (unpaired) electrons. The Hall–Kier alpha value is -0.440. The minimum absolute atomic E-state index is 0.0147. The van der Waals surface area contributed by atoms with E-state index in [1.54, 1.807) is 0 Å². The van der Waals surface area contributed by atoms with Gasteiger partial charge in [-0.15, -0.1) is 0 Å². The summed E-state index contributed by atoms with van der Waals surface area (Å²) in [6.45, 7) is 7.07. The normalized spacial score (nSPS) is 12.3. The first-order valence-corrected chi connectivity index (χ1v) is 3.74. The van der Waals surface area contributed by atoms with Crippen molar-refractivity contribution in [2.45, 2.75) is 19.9 Å². The van der Waals surface area contributed by atoms with Crippen LogP contribution in [0.1, 0.15) is 13.8 Å². The molecule has 0 aromatic rings. The lowest BCUT2D eigenvalue weighted by Crippen LogP contribution is -2.35. The maximum Gasteiger partial charge on any atom is 0.217 e. The summed E-state index contributed by atoms with van der Waals surface area (Å²) in [5, 5.41) is 2.71. The Kier molecular flexibility index (Phi) is 4.19. The van der Waals surface area contributed by atoms with Crippen LogP contribution in [0.15, 0.2) is 12.2 Å². The summed E-state index contributed by atoms with van der Waals surface area (Å²) in [6, 6.07) is 0.0147. The number of carbonyl (C=O) groups is 1. The second-order valence-corrected chi connectivity index (χ2v) is 2.65. The van der Waals surface area contributed by atoms with Gasteiger partial charge in [-0.1, -0.05) is 12.2 Å². The third kappa shape index (κ3) is 3.56. The Morgan fingerprint density at radius 1 is 1.70 bits per heavy atom. The molecule has 0 saturated carbocycles. The van der Waals surface area contributed by atoms with E-state index >= 15 is 0 Å². The molecule has 0 bridgehead atoms. The fourth-order valence-electron chi connectivity index (χ4n) is 0.570. The second kappa shape index (κ2) is 4.39. The Morgan fingerprint density at radius 2 is 2.20 bits per heavy atom. The van der Waals surface area contributed by atoms with Crippen molar-refractivity contribution >= 4 is 18.5 Å². The van der Waals surface area contributed by atoms with E-state index in [-0.39, 0.29) is 11.9 Å². The van der Waals surface area contributed by atoms with Gasteiger partial charge >= 0.3 is 0 Å². The van der Waals surface area contributed by atoms with Gasteiger partial charge in [0.1, 0.15) is 0 Å². The summed E-state index contributed by atoms with van der Waals surface area (Å²) in [5.41, 5.74) is 0.935. The molecule has 1 amide bonds. The number of carbonyl (C=O) groups excluding carboxylic acids is 1. The first-order valence-electron chi connectivity index (χ1n) is 3.11. The predicted molar refractivity (Wildman–Crippen MR) is 46.3 cm³/mol. The average molecular weight is 159 g/mol. The molecule has 0 saturated heterocycles.